The number of hydrogen-bond donors (Lipinski definition) is 0. The molecule has 0 aromatic rings. The van der Waals surface area contributed by atoms with Gasteiger partial charge in [0.05, 0.1) is 0 Å². The average Bonchev–Trinajstić information content (AvgIpc) is 2.33. The van der Waals surface area contributed by atoms with Crippen molar-refractivity contribution >= 4 is 6.29 Å². The van der Waals surface area contributed by atoms with E-state index in [4.69, 9.17) is 14.2 Å². The van der Waals surface area contributed by atoms with Crippen molar-refractivity contribution in [2.45, 2.75) is 19.0 Å². The highest BCUT2D eigenvalue weighted by Crippen LogP contribution is 2.20. The smallest absolute Gasteiger partial charge is 0.225 e. The first-order valence-electron chi connectivity index (χ1n) is 3.01. The lowest BCUT2D eigenvalue weighted by molar-refractivity contribution is -0.188. The predicted octanol–water partition coefficient (Wildman–Crippen LogP) is -0.0792. The second-order valence-electron chi connectivity index (χ2n) is 2.23. The number of ether oxygens (including phenoxy) is 3. The minimum absolute atomic E-state index is 0.311. The Bertz CT molecular complexity index is 136. The molecule has 1 saturated heterocycles. The molecule has 1 aliphatic heterocycles. The lowest BCUT2D eigenvalue weighted by Crippen LogP contribution is -2.28. The standard InChI is InChI=1S/C6H10O4/c1-6(4-7)9-3-5(8-2)10-6/h4-5H,3H2,1-2H3. The van der Waals surface area contributed by atoms with Crippen LogP contribution >= 0.6 is 0 Å². The van der Waals surface area contributed by atoms with Crippen molar-refractivity contribution in [3.8, 4) is 0 Å². The second kappa shape index (κ2) is 2.65. The van der Waals surface area contributed by atoms with Crippen LogP contribution in [0.15, 0.2) is 0 Å². The summed E-state index contributed by atoms with van der Waals surface area (Å²) >= 11 is 0. The van der Waals surface area contributed by atoms with Gasteiger partial charge in [-0.25, -0.2) is 0 Å². The molecule has 1 aliphatic rings. The van der Waals surface area contributed by atoms with E-state index in [2.05, 4.69) is 0 Å². The fourth-order valence-corrected chi connectivity index (χ4v) is 0.741. The molecular formula is C6H10O4. The van der Waals surface area contributed by atoms with Gasteiger partial charge in [-0.1, -0.05) is 0 Å². The number of methoxy groups -OCH3 is 1. The van der Waals surface area contributed by atoms with Crippen molar-refractivity contribution in [1.29, 1.82) is 0 Å². The summed E-state index contributed by atoms with van der Waals surface area (Å²) in [6, 6.07) is 0. The number of carbonyl (C=O) groups is 1. The van der Waals surface area contributed by atoms with Gasteiger partial charge in [-0.05, 0) is 6.92 Å². The minimum atomic E-state index is -1.10. The van der Waals surface area contributed by atoms with Gasteiger partial charge in [-0.15, -0.1) is 0 Å². The van der Waals surface area contributed by atoms with Crippen molar-refractivity contribution in [3.05, 3.63) is 0 Å². The molecule has 2 atom stereocenters. The molecule has 0 radical (unpaired) electrons. The van der Waals surface area contributed by atoms with Gasteiger partial charge in [0.2, 0.25) is 5.79 Å². The van der Waals surface area contributed by atoms with Gasteiger partial charge in [0.25, 0.3) is 0 Å². The Labute approximate surface area is 59.1 Å². The topological polar surface area (TPSA) is 44.8 Å². The highest BCUT2D eigenvalue weighted by atomic mass is 16.8. The average molecular weight is 146 g/mol. The van der Waals surface area contributed by atoms with Crippen LogP contribution in [0, 0.1) is 0 Å². The summed E-state index contributed by atoms with van der Waals surface area (Å²) in [5, 5.41) is 0. The van der Waals surface area contributed by atoms with E-state index in [-0.39, 0.29) is 0 Å². The highest BCUT2D eigenvalue weighted by molar-refractivity contribution is 5.59. The third-order valence-corrected chi connectivity index (χ3v) is 1.35. The molecule has 0 saturated carbocycles. The van der Waals surface area contributed by atoms with Crippen LogP contribution in [0.4, 0.5) is 0 Å². The summed E-state index contributed by atoms with van der Waals surface area (Å²) in [6.07, 6.45) is 0.210. The van der Waals surface area contributed by atoms with Gasteiger partial charge in [0.15, 0.2) is 12.6 Å². The first-order valence-corrected chi connectivity index (χ1v) is 3.01. The first-order chi connectivity index (χ1) is 4.70. The van der Waals surface area contributed by atoms with Crippen molar-refractivity contribution in [3.63, 3.8) is 0 Å². The van der Waals surface area contributed by atoms with Gasteiger partial charge in [-0.2, -0.15) is 0 Å². The Morgan fingerprint density at radius 3 is 2.80 bits per heavy atom. The summed E-state index contributed by atoms with van der Waals surface area (Å²) in [5.74, 6) is -1.10. The molecule has 1 rings (SSSR count). The molecule has 1 fully saturated rings. The minimum Gasteiger partial charge on any atom is -0.353 e. The Hall–Kier alpha value is -0.450. The molecule has 4 nitrogen and oxygen atoms in total. The van der Waals surface area contributed by atoms with Crippen LogP contribution in [-0.2, 0) is 19.0 Å². The lowest BCUT2D eigenvalue weighted by atomic mass is 10.4. The zero-order chi connectivity index (χ0) is 7.61. The molecule has 1 heterocycles. The van der Waals surface area contributed by atoms with E-state index in [1.807, 2.05) is 0 Å². The fraction of sp³-hybridized carbons (Fsp3) is 0.833. The van der Waals surface area contributed by atoms with E-state index >= 15 is 0 Å². The Balaban J connectivity index is 2.48. The van der Waals surface area contributed by atoms with E-state index in [1.54, 1.807) is 6.92 Å². The van der Waals surface area contributed by atoms with Crippen molar-refractivity contribution in [1.82, 2.24) is 0 Å². The SMILES string of the molecule is COC1COC(C)(C=O)O1. The summed E-state index contributed by atoms with van der Waals surface area (Å²) in [4.78, 5) is 10.3. The van der Waals surface area contributed by atoms with Crippen LogP contribution in [-0.4, -0.2) is 32.1 Å². The molecule has 4 heteroatoms. The monoisotopic (exact) mass is 146 g/mol. The Kier molecular flexibility index (Phi) is 2.03. The predicted molar refractivity (Wildman–Crippen MR) is 32.3 cm³/mol. The largest absolute Gasteiger partial charge is 0.353 e. The maximum absolute atomic E-state index is 10.3. The lowest BCUT2D eigenvalue weighted by Gasteiger charge is -2.13. The van der Waals surface area contributed by atoms with Crippen LogP contribution in [0.25, 0.3) is 0 Å². The molecular weight excluding hydrogens is 136 g/mol. The number of aldehydes is 1. The molecule has 0 amide bonds. The number of rotatable bonds is 2. The normalized spacial score (nSPS) is 40.0. The van der Waals surface area contributed by atoms with Gasteiger partial charge in [0.1, 0.15) is 6.61 Å². The van der Waals surface area contributed by atoms with E-state index in [9.17, 15) is 4.79 Å². The van der Waals surface area contributed by atoms with E-state index < -0.39 is 12.1 Å². The summed E-state index contributed by atoms with van der Waals surface area (Å²) < 4.78 is 14.8. The second-order valence-corrected chi connectivity index (χ2v) is 2.23. The molecule has 10 heavy (non-hydrogen) atoms. The van der Waals surface area contributed by atoms with Crippen LogP contribution in [0.2, 0.25) is 0 Å². The zero-order valence-corrected chi connectivity index (χ0v) is 5.99. The van der Waals surface area contributed by atoms with Crippen molar-refractivity contribution in [2.24, 2.45) is 0 Å². The Morgan fingerprint density at radius 1 is 1.80 bits per heavy atom. The highest BCUT2D eigenvalue weighted by Gasteiger charge is 2.36. The Morgan fingerprint density at radius 2 is 2.50 bits per heavy atom. The fourth-order valence-electron chi connectivity index (χ4n) is 0.741. The summed E-state index contributed by atoms with van der Waals surface area (Å²) in [6.45, 7) is 1.87. The van der Waals surface area contributed by atoms with Crippen molar-refractivity contribution < 1.29 is 19.0 Å². The molecule has 0 N–H and O–H groups in total. The number of hydrogen-bond acceptors (Lipinski definition) is 4. The maximum atomic E-state index is 10.3. The third-order valence-electron chi connectivity index (χ3n) is 1.35. The summed E-state index contributed by atoms with van der Waals surface area (Å²) in [5.41, 5.74) is 0. The molecule has 2 unspecified atom stereocenters. The summed E-state index contributed by atoms with van der Waals surface area (Å²) in [7, 11) is 1.50. The molecule has 0 aromatic carbocycles. The molecule has 0 spiro atoms. The maximum Gasteiger partial charge on any atom is 0.225 e. The van der Waals surface area contributed by atoms with Gasteiger partial charge in [-0.3, -0.25) is 4.79 Å². The first kappa shape index (κ1) is 7.65. The third kappa shape index (κ3) is 1.34. The van der Waals surface area contributed by atoms with Crippen LogP contribution in [0.1, 0.15) is 6.92 Å². The van der Waals surface area contributed by atoms with E-state index in [0.29, 0.717) is 12.9 Å². The van der Waals surface area contributed by atoms with Gasteiger partial charge in [0, 0.05) is 7.11 Å². The number of carbonyl (C=O) groups excluding carboxylic acids is 1. The molecule has 0 aliphatic carbocycles. The van der Waals surface area contributed by atoms with Crippen molar-refractivity contribution in [2.75, 3.05) is 13.7 Å². The van der Waals surface area contributed by atoms with E-state index in [1.165, 1.54) is 7.11 Å². The van der Waals surface area contributed by atoms with Gasteiger partial charge < -0.3 is 14.2 Å². The molecule has 58 valence electrons. The van der Waals surface area contributed by atoms with Crippen LogP contribution in [0.5, 0.6) is 0 Å². The van der Waals surface area contributed by atoms with E-state index in [0.717, 1.165) is 0 Å². The quantitative estimate of drug-likeness (QED) is 0.511. The van der Waals surface area contributed by atoms with Crippen LogP contribution in [0.3, 0.4) is 0 Å². The van der Waals surface area contributed by atoms with Crippen LogP contribution < -0.4 is 0 Å². The molecule has 0 aromatic heterocycles. The molecule has 0 bridgehead atoms. The van der Waals surface area contributed by atoms with Gasteiger partial charge >= 0.3 is 0 Å². The zero-order valence-electron chi connectivity index (χ0n) is 5.99.